The van der Waals surface area contributed by atoms with Gasteiger partial charge in [-0.3, -0.25) is 15.1 Å². The Balaban J connectivity index is 1.76. The van der Waals surface area contributed by atoms with E-state index in [9.17, 15) is 9.59 Å². The minimum Gasteiger partial charge on any atom is -0.449 e. The second kappa shape index (κ2) is 6.72. The van der Waals surface area contributed by atoms with Gasteiger partial charge in [-0.2, -0.15) is 0 Å². The Morgan fingerprint density at radius 3 is 2.64 bits per heavy atom. The molecule has 1 N–H and O–H groups in total. The van der Waals surface area contributed by atoms with E-state index in [2.05, 4.69) is 15.5 Å². The fourth-order valence-electron chi connectivity index (χ4n) is 2.40. The fourth-order valence-corrected chi connectivity index (χ4v) is 2.40. The van der Waals surface area contributed by atoms with Crippen molar-refractivity contribution in [2.45, 2.75) is 26.9 Å². The van der Waals surface area contributed by atoms with Crippen LogP contribution in [0, 0.1) is 13.8 Å². The van der Waals surface area contributed by atoms with Gasteiger partial charge in [0.1, 0.15) is 0 Å². The van der Waals surface area contributed by atoms with Crippen LogP contribution in [0.25, 0.3) is 10.9 Å². The lowest BCUT2D eigenvalue weighted by atomic mass is 10.1. The molecule has 1 unspecified atom stereocenters. The van der Waals surface area contributed by atoms with Crippen molar-refractivity contribution in [1.29, 1.82) is 0 Å². The second-order valence-corrected chi connectivity index (χ2v) is 5.70. The minimum atomic E-state index is -0.995. The number of amides is 1. The maximum atomic E-state index is 12.5. The first-order chi connectivity index (χ1) is 11.9. The molecule has 7 nitrogen and oxygen atoms in total. The van der Waals surface area contributed by atoms with Crippen molar-refractivity contribution in [3.8, 4) is 0 Å². The Kier molecular flexibility index (Phi) is 4.47. The molecule has 128 valence electrons. The maximum Gasteiger partial charge on any atom is 0.339 e. The summed E-state index contributed by atoms with van der Waals surface area (Å²) in [5, 5.41) is 6.86. The summed E-state index contributed by atoms with van der Waals surface area (Å²) in [6.45, 7) is 5.03. The van der Waals surface area contributed by atoms with Crippen LogP contribution in [-0.2, 0) is 9.53 Å². The summed E-state index contributed by atoms with van der Waals surface area (Å²) >= 11 is 0. The summed E-state index contributed by atoms with van der Waals surface area (Å²) in [5.41, 5.74) is 2.40. The first kappa shape index (κ1) is 16.6. The average molecular weight is 339 g/mol. The first-order valence-corrected chi connectivity index (χ1v) is 7.75. The number of nitrogens with zero attached hydrogens (tertiary/aromatic N) is 2. The number of hydrogen-bond donors (Lipinski definition) is 1. The monoisotopic (exact) mass is 339 g/mol. The predicted octanol–water partition coefficient (Wildman–Crippen LogP) is 3.02. The maximum absolute atomic E-state index is 12.5. The van der Waals surface area contributed by atoms with Gasteiger partial charge < -0.3 is 9.26 Å². The predicted molar refractivity (Wildman–Crippen MR) is 91.2 cm³/mol. The van der Waals surface area contributed by atoms with Gasteiger partial charge >= 0.3 is 5.97 Å². The highest BCUT2D eigenvalue weighted by molar-refractivity contribution is 6.04. The number of anilines is 1. The van der Waals surface area contributed by atoms with Gasteiger partial charge in [-0.05, 0) is 32.9 Å². The lowest BCUT2D eigenvalue weighted by Gasteiger charge is -2.13. The molecule has 0 bridgehead atoms. The van der Waals surface area contributed by atoms with Crippen LogP contribution in [0.15, 0.2) is 40.9 Å². The molecule has 0 aliphatic rings. The lowest BCUT2D eigenvalue weighted by Crippen LogP contribution is -2.30. The summed E-state index contributed by atoms with van der Waals surface area (Å²) in [4.78, 5) is 29.0. The second-order valence-electron chi connectivity index (χ2n) is 5.70. The normalized spacial score (nSPS) is 12.0. The van der Waals surface area contributed by atoms with Crippen molar-refractivity contribution in [3.63, 3.8) is 0 Å². The van der Waals surface area contributed by atoms with Gasteiger partial charge in [0.25, 0.3) is 5.91 Å². The number of carbonyl (C=O) groups is 2. The number of benzene rings is 1. The van der Waals surface area contributed by atoms with E-state index in [4.69, 9.17) is 9.26 Å². The molecule has 3 aromatic rings. The van der Waals surface area contributed by atoms with Crippen molar-refractivity contribution in [3.05, 3.63) is 53.3 Å². The summed E-state index contributed by atoms with van der Waals surface area (Å²) in [5.74, 6) is -0.881. The number of nitrogens with one attached hydrogen (secondary N) is 1. The van der Waals surface area contributed by atoms with Gasteiger partial charge in [-0.25, -0.2) is 4.79 Å². The molecule has 0 saturated carbocycles. The standard InChI is InChI=1S/C18H17N3O4/c1-10-8-14(13-6-4-5-7-15(13)19-10)18(23)24-12(3)17(22)20-16-9-11(2)21-25-16/h4-9,12H,1-3H3,(H,20,22). The first-order valence-electron chi connectivity index (χ1n) is 7.75. The van der Waals surface area contributed by atoms with E-state index in [1.807, 2.05) is 18.2 Å². The number of fused-ring (bicyclic) bond motifs is 1. The van der Waals surface area contributed by atoms with E-state index in [0.717, 1.165) is 0 Å². The molecule has 0 radical (unpaired) electrons. The van der Waals surface area contributed by atoms with Gasteiger partial charge in [-0.1, -0.05) is 23.4 Å². The quantitative estimate of drug-likeness (QED) is 0.734. The minimum absolute atomic E-state index is 0.204. The van der Waals surface area contributed by atoms with Gasteiger partial charge in [0.15, 0.2) is 6.10 Å². The number of aromatic nitrogens is 2. The molecule has 0 saturated heterocycles. The van der Waals surface area contributed by atoms with Gasteiger partial charge in [0, 0.05) is 17.1 Å². The van der Waals surface area contributed by atoms with Gasteiger partial charge in [-0.15, -0.1) is 0 Å². The Labute approximate surface area is 144 Å². The Morgan fingerprint density at radius 2 is 1.92 bits per heavy atom. The summed E-state index contributed by atoms with van der Waals surface area (Å²) in [7, 11) is 0. The molecule has 0 aliphatic heterocycles. The van der Waals surface area contributed by atoms with Crippen LogP contribution in [0.1, 0.15) is 28.7 Å². The zero-order valence-corrected chi connectivity index (χ0v) is 14.1. The number of para-hydroxylation sites is 1. The molecule has 0 fully saturated rings. The van der Waals surface area contributed by atoms with Crippen molar-refractivity contribution in [2.75, 3.05) is 5.32 Å². The van der Waals surface area contributed by atoms with Gasteiger partial charge in [0.05, 0.1) is 16.8 Å². The smallest absolute Gasteiger partial charge is 0.339 e. The SMILES string of the molecule is Cc1cc(NC(=O)C(C)OC(=O)c2cc(C)nc3ccccc23)on1. The topological polar surface area (TPSA) is 94.3 Å². The van der Waals surface area contributed by atoms with Crippen molar-refractivity contribution < 1.29 is 18.8 Å². The third-order valence-electron chi connectivity index (χ3n) is 3.59. The molecule has 1 amide bonds. The molecule has 0 aliphatic carbocycles. The van der Waals surface area contributed by atoms with Crippen molar-refractivity contribution >= 4 is 28.7 Å². The molecule has 3 rings (SSSR count). The highest BCUT2D eigenvalue weighted by Crippen LogP contribution is 2.20. The average Bonchev–Trinajstić information content (AvgIpc) is 2.98. The van der Waals surface area contributed by atoms with Crippen LogP contribution < -0.4 is 5.32 Å². The summed E-state index contributed by atoms with van der Waals surface area (Å²) in [6, 6.07) is 10.5. The molecule has 1 aromatic carbocycles. The number of pyridine rings is 1. The third kappa shape index (κ3) is 3.65. The number of ether oxygens (including phenoxy) is 1. The van der Waals surface area contributed by atoms with E-state index in [1.54, 1.807) is 32.0 Å². The Hall–Kier alpha value is -3.22. The zero-order chi connectivity index (χ0) is 18.0. The van der Waals surface area contributed by atoms with Crippen LogP contribution in [0.2, 0.25) is 0 Å². The number of carbonyl (C=O) groups excluding carboxylic acids is 2. The molecule has 25 heavy (non-hydrogen) atoms. The molecule has 1 atom stereocenters. The van der Waals surface area contributed by atoms with Gasteiger partial charge in [0.2, 0.25) is 5.88 Å². The van der Waals surface area contributed by atoms with Crippen LogP contribution in [0.3, 0.4) is 0 Å². The van der Waals surface area contributed by atoms with Crippen LogP contribution >= 0.6 is 0 Å². The largest absolute Gasteiger partial charge is 0.449 e. The highest BCUT2D eigenvalue weighted by Gasteiger charge is 2.22. The number of esters is 1. The van der Waals surface area contributed by atoms with E-state index in [-0.39, 0.29) is 5.88 Å². The Bertz CT molecular complexity index is 948. The summed E-state index contributed by atoms with van der Waals surface area (Å²) in [6.07, 6.45) is -0.995. The van der Waals surface area contributed by atoms with Crippen LogP contribution in [0.5, 0.6) is 0 Å². The lowest BCUT2D eigenvalue weighted by molar-refractivity contribution is -0.123. The molecule has 0 spiro atoms. The third-order valence-corrected chi connectivity index (χ3v) is 3.59. The molecule has 2 heterocycles. The van der Waals surface area contributed by atoms with Crippen molar-refractivity contribution in [2.24, 2.45) is 0 Å². The van der Waals surface area contributed by atoms with E-state index in [1.165, 1.54) is 6.92 Å². The Morgan fingerprint density at radius 1 is 1.16 bits per heavy atom. The molecule has 7 heteroatoms. The zero-order valence-electron chi connectivity index (χ0n) is 14.1. The summed E-state index contributed by atoms with van der Waals surface area (Å²) < 4.78 is 10.2. The highest BCUT2D eigenvalue weighted by atomic mass is 16.5. The van der Waals surface area contributed by atoms with E-state index < -0.39 is 18.0 Å². The van der Waals surface area contributed by atoms with Crippen molar-refractivity contribution in [1.82, 2.24) is 10.1 Å². The number of hydrogen-bond acceptors (Lipinski definition) is 6. The molecular formula is C18H17N3O4. The molecular weight excluding hydrogens is 322 g/mol. The van der Waals surface area contributed by atoms with E-state index >= 15 is 0 Å². The number of aryl methyl sites for hydroxylation is 2. The fraction of sp³-hybridized carbons (Fsp3) is 0.222. The molecule has 2 aromatic heterocycles. The number of rotatable bonds is 4. The van der Waals surface area contributed by atoms with E-state index in [0.29, 0.717) is 27.9 Å². The van der Waals surface area contributed by atoms with Crippen LogP contribution in [-0.4, -0.2) is 28.1 Å². The van der Waals surface area contributed by atoms with Crippen LogP contribution in [0.4, 0.5) is 5.88 Å².